The van der Waals surface area contributed by atoms with Crippen LogP contribution in [0.2, 0.25) is 0 Å². The lowest BCUT2D eigenvalue weighted by Crippen LogP contribution is -2.24. The summed E-state index contributed by atoms with van der Waals surface area (Å²) in [4.78, 5) is 22.1. The smallest absolute Gasteiger partial charge is 0.291 e. The SMILES string of the molecule is C/C(Cc1ccccn1)=N\c1c(C)c2cnn(Cc3cc[nH]n3)c(=O)c2n1C. The lowest BCUT2D eigenvalue weighted by molar-refractivity contribution is 0.631. The monoisotopic (exact) mass is 375 g/mol. The zero-order valence-corrected chi connectivity index (χ0v) is 16.0. The number of aromatic nitrogens is 6. The third kappa shape index (κ3) is 3.24. The van der Waals surface area contributed by atoms with Crippen LogP contribution in [-0.4, -0.2) is 35.2 Å². The van der Waals surface area contributed by atoms with Gasteiger partial charge in [0.1, 0.15) is 11.3 Å². The Hall–Kier alpha value is -3.55. The summed E-state index contributed by atoms with van der Waals surface area (Å²) in [6.07, 6.45) is 5.89. The van der Waals surface area contributed by atoms with Gasteiger partial charge in [0, 0.05) is 48.2 Å². The quantitative estimate of drug-likeness (QED) is 0.543. The fourth-order valence-electron chi connectivity index (χ4n) is 3.34. The highest BCUT2D eigenvalue weighted by molar-refractivity contribution is 5.91. The molecule has 4 rings (SSSR count). The van der Waals surface area contributed by atoms with Crippen molar-refractivity contribution in [2.75, 3.05) is 0 Å². The van der Waals surface area contributed by atoms with Crippen LogP contribution >= 0.6 is 0 Å². The topological polar surface area (TPSA) is 93.8 Å². The molecule has 0 amide bonds. The molecular weight excluding hydrogens is 354 g/mol. The number of hydrogen-bond acceptors (Lipinski definition) is 5. The average molecular weight is 375 g/mol. The summed E-state index contributed by atoms with van der Waals surface area (Å²) in [6, 6.07) is 7.66. The van der Waals surface area contributed by atoms with Crippen LogP contribution in [0, 0.1) is 6.92 Å². The Balaban J connectivity index is 1.74. The number of aromatic amines is 1. The molecule has 0 unspecified atom stereocenters. The molecule has 0 spiro atoms. The van der Waals surface area contributed by atoms with Crippen LogP contribution in [0.4, 0.5) is 5.82 Å². The first-order valence-corrected chi connectivity index (χ1v) is 9.02. The number of nitrogens with zero attached hydrogens (tertiary/aromatic N) is 6. The fourth-order valence-corrected chi connectivity index (χ4v) is 3.34. The van der Waals surface area contributed by atoms with Crippen molar-refractivity contribution in [3.05, 3.63) is 70.2 Å². The maximum absolute atomic E-state index is 13.0. The number of fused-ring (bicyclic) bond motifs is 1. The molecule has 4 heterocycles. The number of H-pyrrole nitrogens is 1. The van der Waals surface area contributed by atoms with Crippen molar-refractivity contribution in [1.82, 2.24) is 29.5 Å². The molecule has 0 aliphatic rings. The molecule has 142 valence electrons. The normalized spacial score (nSPS) is 12.0. The molecular formula is C20H21N7O. The Kier molecular flexibility index (Phi) is 4.60. The molecule has 8 heteroatoms. The first-order valence-electron chi connectivity index (χ1n) is 9.02. The Morgan fingerprint density at radius 2 is 2.11 bits per heavy atom. The van der Waals surface area contributed by atoms with Gasteiger partial charge < -0.3 is 4.57 Å². The van der Waals surface area contributed by atoms with Crippen molar-refractivity contribution in [2.45, 2.75) is 26.8 Å². The number of hydrogen-bond donors (Lipinski definition) is 1. The Labute approximate surface area is 161 Å². The maximum Gasteiger partial charge on any atom is 0.291 e. The average Bonchev–Trinajstić information content (AvgIpc) is 3.27. The zero-order valence-electron chi connectivity index (χ0n) is 16.0. The lowest BCUT2D eigenvalue weighted by Gasteiger charge is -2.04. The van der Waals surface area contributed by atoms with Crippen LogP contribution in [0.25, 0.3) is 10.9 Å². The number of pyridine rings is 1. The summed E-state index contributed by atoms with van der Waals surface area (Å²) in [5, 5.41) is 12.0. The van der Waals surface area contributed by atoms with E-state index in [0.717, 1.165) is 33.9 Å². The van der Waals surface area contributed by atoms with E-state index in [2.05, 4.69) is 20.3 Å². The van der Waals surface area contributed by atoms with E-state index in [1.165, 1.54) is 4.68 Å². The minimum atomic E-state index is -0.157. The van der Waals surface area contributed by atoms with Gasteiger partial charge in [0.05, 0.1) is 18.4 Å². The van der Waals surface area contributed by atoms with E-state index in [9.17, 15) is 4.79 Å². The van der Waals surface area contributed by atoms with Gasteiger partial charge in [-0.2, -0.15) is 10.2 Å². The van der Waals surface area contributed by atoms with E-state index >= 15 is 0 Å². The highest BCUT2D eigenvalue weighted by Crippen LogP contribution is 2.28. The first kappa shape index (κ1) is 17.8. The second kappa shape index (κ2) is 7.22. The van der Waals surface area contributed by atoms with Crippen molar-refractivity contribution < 1.29 is 0 Å². The van der Waals surface area contributed by atoms with Crippen molar-refractivity contribution in [3.63, 3.8) is 0 Å². The van der Waals surface area contributed by atoms with Gasteiger partial charge in [0.25, 0.3) is 5.56 Å². The molecule has 0 radical (unpaired) electrons. The minimum absolute atomic E-state index is 0.157. The summed E-state index contributed by atoms with van der Waals surface area (Å²) in [5.74, 6) is 0.764. The van der Waals surface area contributed by atoms with E-state index in [1.807, 2.05) is 49.7 Å². The number of rotatable bonds is 5. The van der Waals surface area contributed by atoms with Crippen molar-refractivity contribution in [2.24, 2.45) is 12.0 Å². The van der Waals surface area contributed by atoms with Gasteiger partial charge in [0.15, 0.2) is 0 Å². The Morgan fingerprint density at radius 1 is 1.25 bits per heavy atom. The summed E-state index contributed by atoms with van der Waals surface area (Å²) in [7, 11) is 1.86. The van der Waals surface area contributed by atoms with Crippen LogP contribution in [0.1, 0.15) is 23.9 Å². The predicted octanol–water partition coefficient (Wildman–Crippen LogP) is 2.54. The van der Waals surface area contributed by atoms with Gasteiger partial charge in [-0.1, -0.05) is 6.07 Å². The largest absolute Gasteiger partial charge is 0.324 e. The third-order valence-electron chi connectivity index (χ3n) is 4.74. The molecule has 1 N–H and O–H groups in total. The van der Waals surface area contributed by atoms with Crippen LogP contribution in [-0.2, 0) is 20.0 Å². The molecule has 0 aromatic carbocycles. The molecule has 28 heavy (non-hydrogen) atoms. The second-order valence-electron chi connectivity index (χ2n) is 6.79. The molecule has 0 aliphatic heterocycles. The molecule has 8 nitrogen and oxygen atoms in total. The maximum atomic E-state index is 13.0. The third-order valence-corrected chi connectivity index (χ3v) is 4.74. The van der Waals surface area contributed by atoms with Gasteiger partial charge in [-0.05, 0) is 32.0 Å². The molecule has 0 saturated heterocycles. The van der Waals surface area contributed by atoms with Crippen LogP contribution in [0.3, 0.4) is 0 Å². The summed E-state index contributed by atoms with van der Waals surface area (Å²) >= 11 is 0. The molecule has 0 atom stereocenters. The van der Waals surface area contributed by atoms with Gasteiger partial charge in [-0.3, -0.25) is 14.9 Å². The predicted molar refractivity (Wildman–Crippen MR) is 108 cm³/mol. The molecule has 0 aliphatic carbocycles. The summed E-state index contributed by atoms with van der Waals surface area (Å²) in [6.45, 7) is 4.26. The number of aliphatic imine (C=N–C) groups is 1. The zero-order chi connectivity index (χ0) is 19.7. The Morgan fingerprint density at radius 3 is 2.82 bits per heavy atom. The van der Waals surface area contributed by atoms with Crippen LogP contribution < -0.4 is 5.56 Å². The lowest BCUT2D eigenvalue weighted by atomic mass is 10.2. The summed E-state index contributed by atoms with van der Waals surface area (Å²) in [5.41, 5.74) is 4.02. The first-order chi connectivity index (χ1) is 13.5. The van der Waals surface area contributed by atoms with Gasteiger partial charge >= 0.3 is 0 Å². The Bertz CT molecular complexity index is 1200. The number of nitrogens with one attached hydrogen (secondary N) is 1. The van der Waals surface area contributed by atoms with E-state index in [4.69, 9.17) is 4.99 Å². The van der Waals surface area contributed by atoms with E-state index in [1.54, 1.807) is 18.6 Å². The van der Waals surface area contributed by atoms with Gasteiger partial charge in [-0.25, -0.2) is 9.67 Å². The highest BCUT2D eigenvalue weighted by atomic mass is 16.1. The van der Waals surface area contributed by atoms with Crippen molar-refractivity contribution in [3.8, 4) is 0 Å². The molecule has 4 aromatic rings. The molecule has 0 fully saturated rings. The van der Waals surface area contributed by atoms with Crippen LogP contribution in [0.5, 0.6) is 0 Å². The van der Waals surface area contributed by atoms with Crippen LogP contribution in [0.15, 0.2) is 52.6 Å². The molecule has 0 saturated carbocycles. The number of aryl methyl sites for hydroxylation is 2. The van der Waals surface area contributed by atoms with E-state index < -0.39 is 0 Å². The van der Waals surface area contributed by atoms with Gasteiger partial charge in [-0.15, -0.1) is 0 Å². The van der Waals surface area contributed by atoms with Gasteiger partial charge in [0.2, 0.25) is 0 Å². The standard InChI is InChI=1S/C20H21N7O/c1-13(10-15-6-4-5-8-21-15)24-19-14(2)17-11-23-27(12-16-7-9-22-25-16)20(28)18(17)26(19)3/h4-9,11H,10,12H2,1-3H3,(H,22,25)/b24-13+. The van der Waals surface area contributed by atoms with E-state index in [0.29, 0.717) is 18.5 Å². The molecule has 4 aromatic heterocycles. The minimum Gasteiger partial charge on any atom is -0.324 e. The highest BCUT2D eigenvalue weighted by Gasteiger charge is 2.17. The fraction of sp³-hybridized carbons (Fsp3) is 0.250. The molecule has 0 bridgehead atoms. The van der Waals surface area contributed by atoms with E-state index in [-0.39, 0.29) is 5.56 Å². The summed E-state index contributed by atoms with van der Waals surface area (Å²) < 4.78 is 3.27. The van der Waals surface area contributed by atoms with Crippen molar-refractivity contribution >= 4 is 22.4 Å². The van der Waals surface area contributed by atoms with Crippen molar-refractivity contribution in [1.29, 1.82) is 0 Å². The second-order valence-corrected chi connectivity index (χ2v) is 6.79.